The molecule has 0 amide bonds. The van der Waals surface area contributed by atoms with Crippen LogP contribution in [0.4, 0.5) is 0 Å². The van der Waals surface area contributed by atoms with Gasteiger partial charge in [0.05, 0.1) is 6.20 Å². The largest absolute Gasteiger partial charge is 0.230 e. The molecule has 0 spiro atoms. The predicted octanol–water partition coefficient (Wildman–Crippen LogP) is 2.42. The van der Waals surface area contributed by atoms with Crippen LogP contribution in [0.1, 0.15) is 13.8 Å². The lowest BCUT2D eigenvalue weighted by molar-refractivity contribution is 0.978. The molecule has 0 fully saturated rings. The molecule has 2 rings (SSSR count). The number of fused-ring (bicyclic) bond motifs is 1. The lowest BCUT2D eigenvalue weighted by Crippen LogP contribution is -1.73. The van der Waals surface area contributed by atoms with Gasteiger partial charge < -0.3 is 0 Å². The van der Waals surface area contributed by atoms with Crippen molar-refractivity contribution in [3.63, 3.8) is 0 Å². The summed E-state index contributed by atoms with van der Waals surface area (Å²) in [5.41, 5.74) is 0. The minimum Gasteiger partial charge on any atom is -0.230 e. The molecule has 2 aromatic rings. The van der Waals surface area contributed by atoms with E-state index in [0.717, 1.165) is 0 Å². The van der Waals surface area contributed by atoms with Crippen LogP contribution in [-0.2, 0) is 0 Å². The molecule has 0 saturated carbocycles. The molecule has 0 aromatic carbocycles. The summed E-state index contributed by atoms with van der Waals surface area (Å²) in [6.07, 6.45) is 3.74. The Bertz CT molecular complexity index is 233. The molecule has 0 saturated heterocycles. The Morgan fingerprint density at radius 3 is 3.00 bits per heavy atom. The fourth-order valence-electron chi connectivity index (χ4n) is 0.665. The average molecular weight is 154 g/mol. The van der Waals surface area contributed by atoms with Gasteiger partial charge in [-0.3, -0.25) is 0 Å². The Balaban J connectivity index is 0.000000231. The van der Waals surface area contributed by atoms with Crippen molar-refractivity contribution in [3.8, 4) is 0 Å². The maximum absolute atomic E-state index is 4.01. The molecular formula is C7H10N2S. The van der Waals surface area contributed by atoms with E-state index in [1.807, 2.05) is 36.0 Å². The van der Waals surface area contributed by atoms with Gasteiger partial charge >= 0.3 is 0 Å². The Hall–Kier alpha value is -0.830. The summed E-state index contributed by atoms with van der Waals surface area (Å²) in [5.74, 6) is 0. The summed E-state index contributed by atoms with van der Waals surface area (Å²) in [6, 6.07) is 1.99. The van der Waals surface area contributed by atoms with Crippen LogP contribution in [0.15, 0.2) is 23.8 Å². The van der Waals surface area contributed by atoms with Crippen LogP contribution in [0.3, 0.4) is 0 Å². The quantitative estimate of drug-likeness (QED) is 0.569. The normalized spacial score (nSPS) is 9.00. The summed E-state index contributed by atoms with van der Waals surface area (Å²) in [6.45, 7) is 4.00. The first kappa shape index (κ1) is 7.28. The third-order valence-electron chi connectivity index (χ3n) is 1.02. The second-order valence-corrected chi connectivity index (χ2v) is 2.44. The molecule has 2 aromatic heterocycles. The molecule has 0 unspecified atom stereocenters. The van der Waals surface area contributed by atoms with Crippen molar-refractivity contribution in [1.82, 2.24) is 9.61 Å². The number of aromatic nitrogens is 2. The van der Waals surface area contributed by atoms with E-state index < -0.39 is 0 Å². The molecule has 54 valence electrons. The highest BCUT2D eigenvalue weighted by Crippen LogP contribution is 2.07. The molecular weight excluding hydrogens is 144 g/mol. The third-order valence-corrected chi connectivity index (χ3v) is 1.85. The second-order valence-electron chi connectivity index (χ2n) is 1.52. The monoisotopic (exact) mass is 154 g/mol. The van der Waals surface area contributed by atoms with Gasteiger partial charge in [-0.05, 0) is 6.07 Å². The molecule has 10 heavy (non-hydrogen) atoms. The van der Waals surface area contributed by atoms with Crippen LogP contribution in [0.25, 0.3) is 4.83 Å². The smallest absolute Gasteiger partial charge is 0.119 e. The minimum atomic E-state index is 1.20. The molecule has 0 aliphatic heterocycles. The fourth-order valence-corrected chi connectivity index (χ4v) is 1.34. The van der Waals surface area contributed by atoms with Crippen LogP contribution in [-0.4, -0.2) is 9.61 Å². The highest BCUT2D eigenvalue weighted by molar-refractivity contribution is 7.15. The predicted molar refractivity (Wildman–Crippen MR) is 44.4 cm³/mol. The topological polar surface area (TPSA) is 17.3 Å². The van der Waals surface area contributed by atoms with Gasteiger partial charge in [0.1, 0.15) is 4.83 Å². The summed E-state index contributed by atoms with van der Waals surface area (Å²) in [7, 11) is 0. The molecule has 0 aliphatic rings. The van der Waals surface area contributed by atoms with Crippen LogP contribution in [0, 0.1) is 0 Å². The van der Waals surface area contributed by atoms with E-state index in [1.165, 1.54) is 4.83 Å². The van der Waals surface area contributed by atoms with Crippen molar-refractivity contribution in [3.05, 3.63) is 23.8 Å². The summed E-state index contributed by atoms with van der Waals surface area (Å²) < 4.78 is 1.85. The van der Waals surface area contributed by atoms with Crippen LogP contribution >= 0.6 is 11.3 Å². The minimum absolute atomic E-state index is 1.20. The van der Waals surface area contributed by atoms with Crippen molar-refractivity contribution in [2.75, 3.05) is 0 Å². The Kier molecular flexibility index (Phi) is 2.45. The first-order valence-corrected chi connectivity index (χ1v) is 4.21. The van der Waals surface area contributed by atoms with Gasteiger partial charge in [0.25, 0.3) is 0 Å². The fraction of sp³-hybridized carbons (Fsp3) is 0.286. The van der Waals surface area contributed by atoms with Gasteiger partial charge in [0.2, 0.25) is 0 Å². The van der Waals surface area contributed by atoms with E-state index in [1.54, 1.807) is 17.5 Å². The zero-order chi connectivity index (χ0) is 7.40. The highest BCUT2D eigenvalue weighted by atomic mass is 32.1. The molecule has 0 atom stereocenters. The van der Waals surface area contributed by atoms with Gasteiger partial charge in [-0.1, -0.05) is 13.8 Å². The van der Waals surface area contributed by atoms with Crippen LogP contribution in [0.5, 0.6) is 0 Å². The summed E-state index contributed by atoms with van der Waals surface area (Å²) in [4.78, 5) is 1.20. The van der Waals surface area contributed by atoms with Crippen molar-refractivity contribution in [2.45, 2.75) is 13.8 Å². The lowest BCUT2D eigenvalue weighted by Gasteiger charge is -1.72. The van der Waals surface area contributed by atoms with Gasteiger partial charge in [-0.2, -0.15) is 5.10 Å². The molecule has 3 heteroatoms. The molecule has 2 nitrogen and oxygen atoms in total. The maximum Gasteiger partial charge on any atom is 0.119 e. The first-order chi connectivity index (χ1) is 4.97. The lowest BCUT2D eigenvalue weighted by atomic mass is 10.8. The van der Waals surface area contributed by atoms with E-state index in [2.05, 4.69) is 5.10 Å². The first-order valence-electron chi connectivity index (χ1n) is 3.34. The van der Waals surface area contributed by atoms with Crippen molar-refractivity contribution < 1.29 is 0 Å². The number of hydrogen-bond acceptors (Lipinski definition) is 2. The summed E-state index contributed by atoms with van der Waals surface area (Å²) in [5, 5.41) is 6.02. The number of rotatable bonds is 0. The molecule has 0 bridgehead atoms. The molecule has 0 aliphatic carbocycles. The van der Waals surface area contributed by atoms with Crippen LogP contribution < -0.4 is 0 Å². The highest BCUT2D eigenvalue weighted by Gasteiger charge is 1.88. The SMILES string of the molecule is CC.c1cc2sccn2n1. The van der Waals surface area contributed by atoms with E-state index in [9.17, 15) is 0 Å². The van der Waals surface area contributed by atoms with Crippen molar-refractivity contribution in [2.24, 2.45) is 0 Å². The van der Waals surface area contributed by atoms with Gasteiger partial charge in [-0.15, -0.1) is 11.3 Å². The standard InChI is InChI=1S/C5H4N2S.C2H6/c1-2-6-7-3-4-8-5(1)7;1-2/h1-4H;1-2H3. The zero-order valence-corrected chi connectivity index (χ0v) is 6.93. The Morgan fingerprint density at radius 1 is 1.50 bits per heavy atom. The van der Waals surface area contributed by atoms with Crippen molar-refractivity contribution >= 4 is 16.2 Å². The van der Waals surface area contributed by atoms with Gasteiger partial charge in [-0.25, -0.2) is 4.52 Å². The van der Waals surface area contributed by atoms with E-state index in [-0.39, 0.29) is 0 Å². The zero-order valence-electron chi connectivity index (χ0n) is 6.11. The Morgan fingerprint density at radius 2 is 2.30 bits per heavy atom. The third kappa shape index (κ3) is 1.19. The van der Waals surface area contributed by atoms with E-state index >= 15 is 0 Å². The second kappa shape index (κ2) is 3.37. The number of hydrogen-bond donors (Lipinski definition) is 0. The van der Waals surface area contributed by atoms with E-state index in [4.69, 9.17) is 0 Å². The molecule has 0 N–H and O–H groups in total. The number of nitrogens with zero attached hydrogens (tertiary/aromatic N) is 2. The molecule has 2 heterocycles. The van der Waals surface area contributed by atoms with E-state index in [0.29, 0.717) is 0 Å². The van der Waals surface area contributed by atoms with Gasteiger partial charge in [0, 0.05) is 11.6 Å². The van der Waals surface area contributed by atoms with Crippen molar-refractivity contribution in [1.29, 1.82) is 0 Å². The molecule has 0 radical (unpaired) electrons. The maximum atomic E-state index is 4.01. The van der Waals surface area contributed by atoms with Crippen LogP contribution in [0.2, 0.25) is 0 Å². The Labute approximate surface area is 64.1 Å². The number of thiazole rings is 1. The summed E-state index contributed by atoms with van der Waals surface area (Å²) >= 11 is 1.69. The van der Waals surface area contributed by atoms with Gasteiger partial charge in [0.15, 0.2) is 0 Å². The average Bonchev–Trinajstić information content (AvgIpc) is 2.49.